The lowest BCUT2D eigenvalue weighted by Crippen LogP contribution is -2.35. The molecule has 0 radical (unpaired) electrons. The van der Waals surface area contributed by atoms with Crippen molar-refractivity contribution in [3.63, 3.8) is 0 Å². The fourth-order valence-corrected chi connectivity index (χ4v) is 8.10. The molecule has 50 heavy (non-hydrogen) atoms. The molecule has 5 rings (SSSR count). The zero-order valence-corrected chi connectivity index (χ0v) is 28.1. The lowest BCUT2D eigenvalue weighted by Gasteiger charge is -2.23. The van der Waals surface area contributed by atoms with Crippen molar-refractivity contribution in [3.05, 3.63) is 45.8 Å². The van der Waals surface area contributed by atoms with Gasteiger partial charge in [0.2, 0.25) is 0 Å². The fourth-order valence-electron chi connectivity index (χ4n) is 4.90. The predicted molar refractivity (Wildman–Crippen MR) is 156 cm³/mol. The molecular weight excluding hydrogens is 770 g/mol. The quantitative estimate of drug-likeness (QED) is 0.0775. The van der Waals surface area contributed by atoms with Gasteiger partial charge in [0.15, 0.2) is 17.7 Å². The molecular formula is C19H27N7O20P4. The molecule has 2 aliphatic heterocycles. The van der Waals surface area contributed by atoms with Gasteiger partial charge in [0.05, 0.1) is 19.5 Å². The number of aromatic amines is 1. The minimum absolute atomic E-state index is 0.000588. The summed E-state index contributed by atoms with van der Waals surface area (Å²) in [4.78, 5) is 94.8. The highest BCUT2D eigenvalue weighted by Gasteiger charge is 2.51. The number of anilines is 1. The molecule has 278 valence electrons. The first-order valence-corrected chi connectivity index (χ1v) is 19.5. The number of ether oxygens (including phenoxy) is 2. The molecule has 10 N–H and O–H groups in total. The smallest absolute Gasteiger partial charge is 0.386 e. The number of aliphatic hydroxyl groups is 1. The van der Waals surface area contributed by atoms with E-state index in [1.54, 1.807) is 0 Å². The number of rotatable bonds is 14. The van der Waals surface area contributed by atoms with Gasteiger partial charge >= 0.3 is 37.0 Å². The van der Waals surface area contributed by atoms with Gasteiger partial charge in [-0.05, 0) is 0 Å². The Labute approximate surface area is 276 Å². The number of nitrogens with one attached hydrogen (secondary N) is 1. The third kappa shape index (κ3) is 9.43. The van der Waals surface area contributed by atoms with Crippen LogP contribution in [-0.4, -0.2) is 107 Å². The molecule has 2 aliphatic rings. The normalized spacial score (nSPS) is 28.5. The second kappa shape index (κ2) is 14.4. The van der Waals surface area contributed by atoms with Gasteiger partial charge in [-0.1, -0.05) is 0 Å². The number of fused-ring (bicyclic) bond motifs is 1. The Kier molecular flexibility index (Phi) is 11.1. The number of aromatic nitrogens is 6. The molecule has 5 heterocycles. The Hall–Kier alpha value is -2.61. The topological polar surface area (TPSA) is 399 Å². The number of phosphoric acid groups is 4. The van der Waals surface area contributed by atoms with Crippen LogP contribution in [0.4, 0.5) is 5.82 Å². The minimum atomic E-state index is -5.71. The average Bonchev–Trinajstić information content (AvgIpc) is 3.65. The van der Waals surface area contributed by atoms with Gasteiger partial charge in [-0.3, -0.25) is 37.0 Å². The first-order valence-electron chi connectivity index (χ1n) is 13.5. The van der Waals surface area contributed by atoms with Crippen molar-refractivity contribution < 1.29 is 84.6 Å². The molecule has 0 spiro atoms. The van der Waals surface area contributed by atoms with Crippen molar-refractivity contribution in [1.82, 2.24) is 29.1 Å². The summed E-state index contributed by atoms with van der Waals surface area (Å²) in [6, 6.07) is 0.923. The highest BCUT2D eigenvalue weighted by Crippen LogP contribution is 2.62. The number of H-pyrrole nitrogens is 1. The Morgan fingerprint density at radius 3 is 2.26 bits per heavy atom. The maximum Gasteiger partial charge on any atom is 0.481 e. The molecule has 3 aromatic rings. The molecule has 27 nitrogen and oxygen atoms in total. The van der Waals surface area contributed by atoms with Crippen molar-refractivity contribution in [2.24, 2.45) is 0 Å². The van der Waals surface area contributed by atoms with Crippen molar-refractivity contribution in [2.75, 3.05) is 18.9 Å². The molecule has 2 saturated heterocycles. The van der Waals surface area contributed by atoms with E-state index in [-0.39, 0.29) is 17.0 Å². The first kappa shape index (κ1) is 38.6. The van der Waals surface area contributed by atoms with Crippen molar-refractivity contribution in [1.29, 1.82) is 0 Å². The monoisotopic (exact) mass is 797 g/mol. The molecule has 0 bridgehead atoms. The van der Waals surface area contributed by atoms with Crippen molar-refractivity contribution in [3.8, 4) is 0 Å². The molecule has 31 heteroatoms. The Balaban J connectivity index is 1.29. The summed E-state index contributed by atoms with van der Waals surface area (Å²) < 4.78 is 84.3. The Morgan fingerprint density at radius 2 is 1.60 bits per heavy atom. The van der Waals surface area contributed by atoms with E-state index in [2.05, 4.69) is 28.3 Å². The number of hydrogen-bond acceptors (Lipinski definition) is 18. The second-order valence-electron chi connectivity index (χ2n) is 10.3. The highest BCUT2D eigenvalue weighted by molar-refractivity contribution is 7.61. The van der Waals surface area contributed by atoms with Crippen LogP contribution in [0.5, 0.6) is 0 Å². The zero-order valence-electron chi connectivity index (χ0n) is 24.5. The zero-order chi connectivity index (χ0) is 36.8. The van der Waals surface area contributed by atoms with E-state index in [0.717, 1.165) is 34.1 Å². The predicted octanol–water partition coefficient (Wildman–Crippen LogP) is -2.29. The Bertz CT molecular complexity index is 2030. The lowest BCUT2D eigenvalue weighted by atomic mass is 10.1. The highest BCUT2D eigenvalue weighted by atomic mass is 31.3. The summed E-state index contributed by atoms with van der Waals surface area (Å²) in [6.07, 6.45) is -9.39. The van der Waals surface area contributed by atoms with Gasteiger partial charge in [-0.15, -0.1) is 0 Å². The van der Waals surface area contributed by atoms with Crippen LogP contribution in [0.3, 0.4) is 0 Å². The van der Waals surface area contributed by atoms with E-state index in [1.165, 1.54) is 0 Å². The average molecular weight is 797 g/mol. The summed E-state index contributed by atoms with van der Waals surface area (Å²) in [5.74, 6) is -0.0659. The number of aliphatic hydroxyl groups excluding tert-OH is 1. The standard InChI is InChI=1S/C19H27N7O20P4/c20-16-13-17(22-6-21-16)26(7-23-13)18-14(28)15(45-48(33,34)35)10(43-18)5-41-49(36,37)46-50(38,39)44-8-3-12(25-2-1-11(27)24-19(25)29)42-9(8)4-40-47(30,31)32/h1-2,6-10,12,14-15,18,28H,3-5H2,(H,36,37)(H,38,39)(H2,20,21,22)(H,24,27,29)(H2,30,31,32)(H2,33,34,35)/t8-,9+,10+,12+,14+,15+,18+/m0/s1. The molecule has 0 saturated carbocycles. The number of hydrogen-bond donors (Lipinski definition) is 9. The molecule has 2 unspecified atom stereocenters. The van der Waals surface area contributed by atoms with E-state index in [0.29, 0.717) is 0 Å². The van der Waals surface area contributed by atoms with Gasteiger partial charge in [0, 0.05) is 18.7 Å². The lowest BCUT2D eigenvalue weighted by molar-refractivity contribution is -0.0513. The van der Waals surface area contributed by atoms with Gasteiger partial charge < -0.3 is 49.7 Å². The van der Waals surface area contributed by atoms with E-state index < -0.39 is 105 Å². The number of nitrogens with zero attached hydrogens (tertiary/aromatic N) is 5. The molecule has 9 atom stereocenters. The van der Waals surface area contributed by atoms with Crippen LogP contribution in [-0.2, 0) is 50.1 Å². The number of nitrogens with two attached hydrogens (primary N) is 1. The van der Waals surface area contributed by atoms with Gasteiger partial charge in [-0.25, -0.2) is 38.0 Å². The van der Waals surface area contributed by atoms with E-state index in [1.807, 2.05) is 4.98 Å². The molecule has 0 aromatic carbocycles. The number of nitrogen functional groups attached to an aromatic ring is 1. The van der Waals surface area contributed by atoms with Crippen LogP contribution >= 0.6 is 31.3 Å². The van der Waals surface area contributed by atoms with Gasteiger partial charge in [0.1, 0.15) is 48.6 Å². The number of phosphoric ester groups is 4. The Morgan fingerprint density at radius 1 is 0.900 bits per heavy atom. The maximum atomic E-state index is 12.8. The van der Waals surface area contributed by atoms with Crippen LogP contribution < -0.4 is 17.0 Å². The summed E-state index contributed by atoms with van der Waals surface area (Å²) in [6.45, 7) is -2.18. The molecule has 3 aromatic heterocycles. The minimum Gasteiger partial charge on any atom is -0.386 e. The molecule has 0 aliphatic carbocycles. The van der Waals surface area contributed by atoms with Crippen LogP contribution in [0.1, 0.15) is 18.9 Å². The molecule has 2 fully saturated rings. The van der Waals surface area contributed by atoms with Crippen LogP contribution in [0.25, 0.3) is 11.2 Å². The summed E-state index contributed by atoms with van der Waals surface area (Å²) >= 11 is 0. The maximum absolute atomic E-state index is 12.8. The third-order valence-corrected chi connectivity index (χ3v) is 10.5. The van der Waals surface area contributed by atoms with Crippen LogP contribution in [0.15, 0.2) is 34.5 Å². The summed E-state index contributed by atoms with van der Waals surface area (Å²) in [5.41, 5.74) is 4.02. The third-order valence-electron chi connectivity index (χ3n) is 6.86. The van der Waals surface area contributed by atoms with Crippen molar-refractivity contribution in [2.45, 2.75) is 49.4 Å². The van der Waals surface area contributed by atoms with Crippen LogP contribution in [0, 0.1) is 0 Å². The van der Waals surface area contributed by atoms with E-state index in [4.69, 9.17) is 34.0 Å². The largest absolute Gasteiger partial charge is 0.481 e. The van der Waals surface area contributed by atoms with Crippen LogP contribution in [0.2, 0.25) is 0 Å². The SMILES string of the molecule is Nc1ncnc2c1ncn2[C@@H]1O[C@H](COP(=O)(O)OP(=O)(O)O[C@H]2C[C@H](n3ccc(=O)[nH]c3=O)O[C@@H]2COP(=O)(O)O)[C@@H](OP(=O)(O)O)[C@H]1O. The van der Waals surface area contributed by atoms with E-state index >= 15 is 0 Å². The fraction of sp³-hybridized carbons (Fsp3) is 0.526. The first-order chi connectivity index (χ1) is 23.1. The summed E-state index contributed by atoms with van der Waals surface area (Å²) in [7, 11) is -21.9. The van der Waals surface area contributed by atoms with E-state index in [9.17, 15) is 52.5 Å². The number of imidazole rings is 1. The van der Waals surface area contributed by atoms with Crippen molar-refractivity contribution >= 4 is 48.3 Å². The van der Waals surface area contributed by atoms with Gasteiger partial charge in [0.25, 0.3) is 5.56 Å². The van der Waals surface area contributed by atoms with Gasteiger partial charge in [-0.2, -0.15) is 4.31 Å². The summed E-state index contributed by atoms with van der Waals surface area (Å²) in [5, 5.41) is 10.9. The second-order valence-corrected chi connectivity index (χ2v) is 15.8. The molecule has 0 amide bonds.